The molecule has 39 valence electrons. The van der Waals surface area contributed by atoms with Crippen molar-refractivity contribution in [2.75, 3.05) is 13.1 Å². The van der Waals surface area contributed by atoms with Crippen LogP contribution in [-0.2, 0) is 0 Å². The number of hydrogen-bond donors (Lipinski definition) is 0. The maximum absolute atomic E-state index is 3.62. The van der Waals surface area contributed by atoms with E-state index in [0.717, 1.165) is 6.54 Å². The molecular weight excluding hydrogens is 86.1 g/mol. The average Bonchev–Trinajstić information content (AvgIpc) is 1.55. The molecular formula is C6H10N. The molecule has 0 aromatic carbocycles. The molecule has 1 rings (SSSR count). The van der Waals surface area contributed by atoms with Crippen molar-refractivity contribution in [1.29, 1.82) is 0 Å². The highest BCUT2D eigenvalue weighted by atomic mass is 15.2. The Hall–Kier alpha value is -0.300. The topological polar surface area (TPSA) is 3.24 Å². The van der Waals surface area contributed by atoms with E-state index < -0.39 is 0 Å². The molecule has 0 aromatic heterocycles. The van der Waals surface area contributed by atoms with Gasteiger partial charge in [-0.15, -0.1) is 6.58 Å². The van der Waals surface area contributed by atoms with Crippen molar-refractivity contribution in [2.45, 2.75) is 6.42 Å². The van der Waals surface area contributed by atoms with Gasteiger partial charge in [-0.05, 0) is 6.42 Å². The molecule has 0 saturated carbocycles. The van der Waals surface area contributed by atoms with Gasteiger partial charge in [-0.3, -0.25) is 4.90 Å². The van der Waals surface area contributed by atoms with Crippen LogP contribution in [-0.4, -0.2) is 18.0 Å². The van der Waals surface area contributed by atoms with Gasteiger partial charge in [0.1, 0.15) is 0 Å². The summed E-state index contributed by atoms with van der Waals surface area (Å²) in [4.78, 5) is 2.24. The van der Waals surface area contributed by atoms with Crippen LogP contribution in [0.25, 0.3) is 0 Å². The Kier molecular flexibility index (Phi) is 1.47. The zero-order chi connectivity index (χ0) is 5.11. The van der Waals surface area contributed by atoms with Crippen LogP contribution in [0.5, 0.6) is 0 Å². The summed E-state index contributed by atoms with van der Waals surface area (Å²) < 4.78 is 0. The van der Waals surface area contributed by atoms with Crippen molar-refractivity contribution in [3.8, 4) is 0 Å². The second-order valence-corrected chi connectivity index (χ2v) is 1.75. The Labute approximate surface area is 44.6 Å². The largest absolute Gasteiger partial charge is 0.295 e. The Morgan fingerprint density at radius 2 is 2.57 bits per heavy atom. The van der Waals surface area contributed by atoms with Gasteiger partial charge < -0.3 is 0 Å². The van der Waals surface area contributed by atoms with Crippen LogP contribution in [0.1, 0.15) is 6.42 Å². The molecule has 0 aromatic rings. The van der Waals surface area contributed by atoms with Crippen LogP contribution in [0.2, 0.25) is 0 Å². The summed E-state index contributed by atoms with van der Waals surface area (Å²) >= 11 is 0. The lowest BCUT2D eigenvalue weighted by molar-refractivity contribution is 0.272. The first-order chi connectivity index (χ1) is 3.43. The van der Waals surface area contributed by atoms with E-state index in [9.17, 15) is 0 Å². The quantitative estimate of drug-likeness (QED) is 0.464. The summed E-state index contributed by atoms with van der Waals surface area (Å²) in [6.45, 7) is 8.07. The van der Waals surface area contributed by atoms with E-state index in [1.54, 1.807) is 0 Å². The highest BCUT2D eigenvalue weighted by Gasteiger charge is 2.10. The first kappa shape index (κ1) is 4.85. The molecule has 1 heterocycles. The SMILES string of the molecule is C=CCN1[CH]CC1. The summed E-state index contributed by atoms with van der Waals surface area (Å²) in [7, 11) is 0. The normalized spacial score (nSPS) is 21.1. The minimum atomic E-state index is 1.03. The van der Waals surface area contributed by atoms with Crippen LogP contribution in [0.15, 0.2) is 12.7 Å². The lowest BCUT2D eigenvalue weighted by atomic mass is 10.2. The minimum Gasteiger partial charge on any atom is -0.295 e. The Morgan fingerprint density at radius 3 is 2.71 bits per heavy atom. The maximum Gasteiger partial charge on any atom is 0.0267 e. The van der Waals surface area contributed by atoms with Gasteiger partial charge in [0.2, 0.25) is 0 Å². The van der Waals surface area contributed by atoms with Gasteiger partial charge in [-0.1, -0.05) is 6.08 Å². The Morgan fingerprint density at radius 1 is 1.86 bits per heavy atom. The first-order valence-electron chi connectivity index (χ1n) is 2.62. The maximum atomic E-state index is 3.62. The van der Waals surface area contributed by atoms with E-state index in [2.05, 4.69) is 18.0 Å². The molecule has 0 atom stereocenters. The fourth-order valence-corrected chi connectivity index (χ4v) is 0.643. The number of hydrogen-bond acceptors (Lipinski definition) is 1. The molecule has 1 radical (unpaired) electrons. The molecule has 1 nitrogen and oxygen atoms in total. The van der Waals surface area contributed by atoms with E-state index in [1.807, 2.05) is 6.08 Å². The Bertz CT molecular complexity index is 64.6. The molecule has 1 aliphatic rings. The highest BCUT2D eigenvalue weighted by Crippen LogP contribution is 2.09. The predicted octanol–water partition coefficient (Wildman–Crippen LogP) is 1.04. The third-order valence-corrected chi connectivity index (χ3v) is 1.17. The van der Waals surface area contributed by atoms with Crippen LogP contribution >= 0.6 is 0 Å². The fraction of sp³-hybridized carbons (Fsp3) is 0.500. The third-order valence-electron chi connectivity index (χ3n) is 1.17. The molecule has 7 heavy (non-hydrogen) atoms. The molecule has 0 amide bonds. The van der Waals surface area contributed by atoms with Gasteiger partial charge in [-0.2, -0.15) is 0 Å². The molecule has 1 fully saturated rings. The smallest absolute Gasteiger partial charge is 0.0267 e. The average molecular weight is 96.2 g/mol. The lowest BCUT2D eigenvalue weighted by Crippen LogP contribution is -2.31. The van der Waals surface area contributed by atoms with E-state index in [4.69, 9.17) is 0 Å². The number of likely N-dealkylation sites (tertiary alicyclic amines) is 1. The van der Waals surface area contributed by atoms with Gasteiger partial charge >= 0.3 is 0 Å². The first-order valence-corrected chi connectivity index (χ1v) is 2.62. The van der Waals surface area contributed by atoms with Gasteiger partial charge in [0.15, 0.2) is 0 Å². The summed E-state index contributed by atoms with van der Waals surface area (Å²) in [6.07, 6.45) is 3.18. The van der Waals surface area contributed by atoms with Crippen molar-refractivity contribution >= 4 is 0 Å². The standard InChI is InChI=1S/C6H10N/c1-2-4-7-5-3-6-7/h2,5H,1,3-4,6H2. The third kappa shape index (κ3) is 1.03. The minimum absolute atomic E-state index is 1.03. The summed E-state index contributed by atoms with van der Waals surface area (Å²) in [5, 5.41) is 0. The predicted molar refractivity (Wildman–Crippen MR) is 30.7 cm³/mol. The highest BCUT2D eigenvalue weighted by molar-refractivity contribution is 4.85. The molecule has 1 aliphatic heterocycles. The summed E-state index contributed by atoms with van der Waals surface area (Å²) in [5.74, 6) is 0. The number of rotatable bonds is 2. The molecule has 0 bridgehead atoms. The molecule has 0 N–H and O–H groups in total. The fourth-order valence-electron chi connectivity index (χ4n) is 0.643. The van der Waals surface area contributed by atoms with Gasteiger partial charge in [0, 0.05) is 19.6 Å². The Balaban J connectivity index is 2.03. The summed E-state index contributed by atoms with van der Waals surface area (Å²) in [5.41, 5.74) is 0. The van der Waals surface area contributed by atoms with Crippen molar-refractivity contribution < 1.29 is 0 Å². The zero-order valence-corrected chi connectivity index (χ0v) is 4.43. The van der Waals surface area contributed by atoms with Crippen LogP contribution in [0, 0.1) is 6.54 Å². The van der Waals surface area contributed by atoms with Crippen LogP contribution in [0.4, 0.5) is 0 Å². The van der Waals surface area contributed by atoms with E-state index in [1.165, 1.54) is 13.0 Å². The van der Waals surface area contributed by atoms with E-state index in [0.29, 0.717) is 0 Å². The molecule has 0 aliphatic carbocycles. The molecule has 1 heteroatoms. The van der Waals surface area contributed by atoms with Gasteiger partial charge in [-0.25, -0.2) is 0 Å². The zero-order valence-electron chi connectivity index (χ0n) is 4.43. The van der Waals surface area contributed by atoms with Crippen molar-refractivity contribution in [2.24, 2.45) is 0 Å². The van der Waals surface area contributed by atoms with Crippen LogP contribution < -0.4 is 0 Å². The monoisotopic (exact) mass is 96.1 g/mol. The molecule has 0 unspecified atom stereocenters. The van der Waals surface area contributed by atoms with Gasteiger partial charge in [0.05, 0.1) is 0 Å². The molecule has 0 spiro atoms. The van der Waals surface area contributed by atoms with E-state index >= 15 is 0 Å². The van der Waals surface area contributed by atoms with Crippen molar-refractivity contribution in [3.05, 3.63) is 19.2 Å². The summed E-state index contributed by atoms with van der Waals surface area (Å²) in [6, 6.07) is 0. The number of nitrogens with zero attached hydrogens (tertiary/aromatic N) is 1. The second kappa shape index (κ2) is 2.12. The second-order valence-electron chi connectivity index (χ2n) is 1.75. The molecule has 1 saturated heterocycles. The van der Waals surface area contributed by atoms with Crippen LogP contribution in [0.3, 0.4) is 0 Å². The van der Waals surface area contributed by atoms with Gasteiger partial charge in [0.25, 0.3) is 0 Å². The van der Waals surface area contributed by atoms with Crippen molar-refractivity contribution in [1.82, 2.24) is 4.90 Å². The van der Waals surface area contributed by atoms with Crippen molar-refractivity contribution in [3.63, 3.8) is 0 Å². The van der Waals surface area contributed by atoms with E-state index in [-0.39, 0.29) is 0 Å². The lowest BCUT2D eigenvalue weighted by Gasteiger charge is -2.28.